The molecule has 7 heteroatoms. The first-order valence-corrected chi connectivity index (χ1v) is 12.0. The molecule has 1 saturated carbocycles. The summed E-state index contributed by atoms with van der Waals surface area (Å²) >= 11 is 0. The first-order valence-electron chi connectivity index (χ1n) is 12.0. The Balaban J connectivity index is 1.47. The van der Waals surface area contributed by atoms with Crippen molar-refractivity contribution in [2.75, 3.05) is 6.54 Å². The zero-order valence-electron chi connectivity index (χ0n) is 19.4. The predicted octanol–water partition coefficient (Wildman–Crippen LogP) is 3.26. The molecule has 3 aromatic rings. The number of aromatic nitrogens is 2. The van der Waals surface area contributed by atoms with E-state index in [9.17, 15) is 9.59 Å². The summed E-state index contributed by atoms with van der Waals surface area (Å²) < 4.78 is 0. The number of aromatic amines is 1. The van der Waals surface area contributed by atoms with Crippen LogP contribution in [0.15, 0.2) is 60.8 Å². The molecular weight excluding hydrogens is 426 g/mol. The number of carbonyl (C=O) groups excluding carboxylic acids is 2. The minimum atomic E-state index is -0.440. The minimum absolute atomic E-state index is 0.0271. The molecule has 6 N–H and O–H groups in total. The number of primary amides is 1. The van der Waals surface area contributed by atoms with Gasteiger partial charge in [-0.2, -0.15) is 0 Å². The van der Waals surface area contributed by atoms with Crippen molar-refractivity contribution in [3.05, 3.63) is 89.0 Å². The highest BCUT2D eigenvalue weighted by Gasteiger charge is 2.28. The fourth-order valence-electron chi connectivity index (χ4n) is 4.66. The lowest BCUT2D eigenvalue weighted by Crippen LogP contribution is -2.37. The minimum Gasteiger partial charge on any atom is -0.366 e. The number of rotatable bonds is 9. The molecule has 0 spiro atoms. The molecule has 1 unspecified atom stereocenters. The van der Waals surface area contributed by atoms with E-state index in [0.29, 0.717) is 30.9 Å². The second-order valence-electron chi connectivity index (χ2n) is 9.22. The van der Waals surface area contributed by atoms with Crippen molar-refractivity contribution in [2.24, 2.45) is 23.3 Å². The van der Waals surface area contributed by atoms with Crippen molar-refractivity contribution >= 4 is 11.8 Å². The quantitative estimate of drug-likeness (QED) is 0.392. The Kier molecular flexibility index (Phi) is 7.75. The standard InChI is InChI=1S/C27H33N5O2/c28-16-20-8-12-22(13-9-20)27(34)32-24(15-18-4-2-1-3-5-18)26-30-17-23(31-26)14-19-6-10-21(11-7-19)25(29)33/h1-7,10-11,17,20,22,24H,8-9,12-16,28H2,(H2,29,33)(H,30,31)(H,32,34). The average molecular weight is 460 g/mol. The van der Waals surface area contributed by atoms with Crippen LogP contribution in [-0.2, 0) is 17.6 Å². The van der Waals surface area contributed by atoms with Gasteiger partial charge in [0.2, 0.25) is 11.8 Å². The van der Waals surface area contributed by atoms with Crippen LogP contribution in [0.5, 0.6) is 0 Å². The van der Waals surface area contributed by atoms with Crippen molar-refractivity contribution in [1.82, 2.24) is 15.3 Å². The molecule has 2 amide bonds. The largest absolute Gasteiger partial charge is 0.366 e. The molecule has 2 aromatic carbocycles. The van der Waals surface area contributed by atoms with Gasteiger partial charge in [0.15, 0.2) is 0 Å². The van der Waals surface area contributed by atoms with Crippen LogP contribution in [0.1, 0.15) is 64.7 Å². The van der Waals surface area contributed by atoms with E-state index in [1.165, 1.54) is 0 Å². The van der Waals surface area contributed by atoms with Crippen molar-refractivity contribution in [2.45, 2.75) is 44.6 Å². The number of amides is 2. The lowest BCUT2D eigenvalue weighted by molar-refractivity contribution is -0.127. The summed E-state index contributed by atoms with van der Waals surface area (Å²) in [6.45, 7) is 0.700. The Hall–Kier alpha value is -3.45. The zero-order valence-corrected chi connectivity index (χ0v) is 19.4. The van der Waals surface area contributed by atoms with Gasteiger partial charge in [0.25, 0.3) is 0 Å². The molecule has 0 radical (unpaired) electrons. The number of nitrogens with one attached hydrogen (secondary N) is 2. The van der Waals surface area contributed by atoms with Crippen LogP contribution >= 0.6 is 0 Å². The molecule has 1 aliphatic rings. The maximum absolute atomic E-state index is 13.1. The second-order valence-corrected chi connectivity index (χ2v) is 9.22. The lowest BCUT2D eigenvalue weighted by Gasteiger charge is -2.28. The summed E-state index contributed by atoms with van der Waals surface area (Å²) in [5.74, 6) is 0.964. The van der Waals surface area contributed by atoms with Gasteiger partial charge >= 0.3 is 0 Å². The lowest BCUT2D eigenvalue weighted by atomic mass is 9.81. The maximum Gasteiger partial charge on any atom is 0.248 e. The first kappa shape index (κ1) is 23.7. The third-order valence-corrected chi connectivity index (χ3v) is 6.75. The smallest absolute Gasteiger partial charge is 0.248 e. The SMILES string of the molecule is NCC1CCC(C(=O)NC(Cc2ccccc2)c2nc(Cc3ccc(C(N)=O)cc3)c[nH]2)CC1. The summed E-state index contributed by atoms with van der Waals surface area (Å²) in [6, 6.07) is 17.1. The molecule has 1 aliphatic carbocycles. The Morgan fingerprint density at radius 3 is 2.35 bits per heavy atom. The number of imidazole rings is 1. The third kappa shape index (κ3) is 6.11. The fourth-order valence-corrected chi connectivity index (χ4v) is 4.66. The average Bonchev–Trinajstić information content (AvgIpc) is 3.33. The summed E-state index contributed by atoms with van der Waals surface area (Å²) in [6.07, 6.45) is 6.95. The first-order chi connectivity index (χ1) is 16.5. The highest BCUT2D eigenvalue weighted by molar-refractivity contribution is 5.92. The number of nitrogens with zero attached hydrogens (tertiary/aromatic N) is 1. The number of hydrogen-bond acceptors (Lipinski definition) is 4. The predicted molar refractivity (Wildman–Crippen MR) is 132 cm³/mol. The van der Waals surface area contributed by atoms with Crippen molar-refractivity contribution in [3.8, 4) is 0 Å². The third-order valence-electron chi connectivity index (χ3n) is 6.75. The van der Waals surface area contributed by atoms with Gasteiger partial charge in [0, 0.05) is 24.1 Å². The molecule has 1 heterocycles. The van der Waals surface area contributed by atoms with Gasteiger partial charge in [-0.15, -0.1) is 0 Å². The highest BCUT2D eigenvalue weighted by Crippen LogP contribution is 2.29. The van der Waals surface area contributed by atoms with Crippen LogP contribution in [0.3, 0.4) is 0 Å². The number of H-pyrrole nitrogens is 1. The maximum atomic E-state index is 13.1. The Labute approximate surface area is 200 Å². The van der Waals surface area contributed by atoms with Crippen molar-refractivity contribution in [3.63, 3.8) is 0 Å². The van der Waals surface area contributed by atoms with Gasteiger partial charge in [0.05, 0.1) is 11.7 Å². The van der Waals surface area contributed by atoms with Crippen LogP contribution < -0.4 is 16.8 Å². The Morgan fingerprint density at radius 1 is 1.00 bits per heavy atom. The molecule has 0 bridgehead atoms. The second kappa shape index (κ2) is 11.1. The highest BCUT2D eigenvalue weighted by atomic mass is 16.2. The molecule has 4 rings (SSSR count). The molecule has 7 nitrogen and oxygen atoms in total. The molecule has 34 heavy (non-hydrogen) atoms. The van der Waals surface area contributed by atoms with E-state index < -0.39 is 5.91 Å². The van der Waals surface area contributed by atoms with Crippen molar-refractivity contribution in [1.29, 1.82) is 0 Å². The van der Waals surface area contributed by atoms with E-state index in [1.807, 2.05) is 36.5 Å². The number of hydrogen-bond donors (Lipinski definition) is 4. The van der Waals surface area contributed by atoms with E-state index in [1.54, 1.807) is 12.1 Å². The Bertz CT molecular complexity index is 1090. The van der Waals surface area contributed by atoms with Gasteiger partial charge in [-0.3, -0.25) is 9.59 Å². The van der Waals surface area contributed by atoms with E-state index >= 15 is 0 Å². The van der Waals surface area contributed by atoms with E-state index in [-0.39, 0.29) is 17.9 Å². The Morgan fingerprint density at radius 2 is 1.71 bits per heavy atom. The van der Waals surface area contributed by atoms with E-state index in [4.69, 9.17) is 16.5 Å². The number of nitrogens with two attached hydrogens (primary N) is 2. The molecule has 0 saturated heterocycles. The van der Waals surface area contributed by atoms with E-state index in [0.717, 1.165) is 48.3 Å². The summed E-state index contributed by atoms with van der Waals surface area (Å²) in [5, 5.41) is 3.27. The molecule has 1 fully saturated rings. The molecule has 1 aromatic heterocycles. The van der Waals surface area contributed by atoms with Crippen LogP contribution in [0.2, 0.25) is 0 Å². The van der Waals surface area contributed by atoms with Gasteiger partial charge < -0.3 is 21.8 Å². The van der Waals surface area contributed by atoms with Gasteiger partial charge in [-0.05, 0) is 67.8 Å². The number of carbonyl (C=O) groups is 2. The van der Waals surface area contributed by atoms with Crippen LogP contribution in [0.25, 0.3) is 0 Å². The van der Waals surface area contributed by atoms with Gasteiger partial charge in [-0.1, -0.05) is 42.5 Å². The number of benzene rings is 2. The van der Waals surface area contributed by atoms with Crippen molar-refractivity contribution < 1.29 is 9.59 Å². The zero-order chi connectivity index (χ0) is 23.9. The molecule has 1 atom stereocenters. The normalized spacial score (nSPS) is 18.9. The van der Waals surface area contributed by atoms with Crippen LogP contribution in [-0.4, -0.2) is 28.3 Å². The summed E-state index contributed by atoms with van der Waals surface area (Å²) in [5.41, 5.74) is 14.7. The molecular formula is C27H33N5O2. The topological polar surface area (TPSA) is 127 Å². The summed E-state index contributed by atoms with van der Waals surface area (Å²) in [4.78, 5) is 32.5. The van der Waals surface area contributed by atoms with Crippen LogP contribution in [0, 0.1) is 11.8 Å². The van der Waals surface area contributed by atoms with E-state index in [2.05, 4.69) is 22.4 Å². The van der Waals surface area contributed by atoms with Gasteiger partial charge in [-0.25, -0.2) is 4.98 Å². The molecule has 178 valence electrons. The van der Waals surface area contributed by atoms with Crippen LogP contribution in [0.4, 0.5) is 0 Å². The van der Waals surface area contributed by atoms with Gasteiger partial charge in [0.1, 0.15) is 5.82 Å². The monoisotopic (exact) mass is 459 g/mol. The summed E-state index contributed by atoms with van der Waals surface area (Å²) in [7, 11) is 0. The fraction of sp³-hybridized carbons (Fsp3) is 0.370. The molecule has 0 aliphatic heterocycles.